The van der Waals surface area contributed by atoms with Crippen LogP contribution >= 0.6 is 23.2 Å². The van der Waals surface area contributed by atoms with Gasteiger partial charge in [-0.05, 0) is 42.8 Å². The summed E-state index contributed by atoms with van der Waals surface area (Å²) in [6.07, 6.45) is 3.13. The first kappa shape index (κ1) is 18.3. The molecule has 3 rings (SSSR count). The van der Waals surface area contributed by atoms with Crippen LogP contribution in [0.1, 0.15) is 18.2 Å². The van der Waals surface area contributed by atoms with Crippen molar-refractivity contribution in [3.63, 3.8) is 0 Å². The van der Waals surface area contributed by atoms with E-state index < -0.39 is 5.97 Å². The SMILES string of the molecule is COC(=O)C1=C(C)N(Cc2ccco2)C(=O)/C1=C\c1ccc(Cl)c(Cl)c1. The number of allylic oxidation sites excluding steroid dienone is 1. The number of rotatable bonds is 4. The van der Waals surface area contributed by atoms with Gasteiger partial charge in [0, 0.05) is 5.70 Å². The van der Waals surface area contributed by atoms with Crippen LogP contribution in [-0.2, 0) is 20.9 Å². The second-order valence-corrected chi connectivity index (χ2v) is 6.47. The van der Waals surface area contributed by atoms with Crippen LogP contribution < -0.4 is 0 Å². The Balaban J connectivity index is 2.04. The normalized spacial score (nSPS) is 15.9. The molecule has 1 aromatic carbocycles. The van der Waals surface area contributed by atoms with Crippen molar-refractivity contribution in [2.24, 2.45) is 0 Å². The van der Waals surface area contributed by atoms with Crippen molar-refractivity contribution in [1.82, 2.24) is 4.90 Å². The maximum atomic E-state index is 12.9. The molecule has 0 N–H and O–H groups in total. The van der Waals surface area contributed by atoms with E-state index in [9.17, 15) is 9.59 Å². The summed E-state index contributed by atoms with van der Waals surface area (Å²) in [5.74, 6) is -0.285. The molecule has 0 unspecified atom stereocenters. The van der Waals surface area contributed by atoms with E-state index in [1.807, 2.05) is 0 Å². The van der Waals surface area contributed by atoms with E-state index in [1.165, 1.54) is 18.3 Å². The van der Waals surface area contributed by atoms with Crippen molar-refractivity contribution in [2.45, 2.75) is 13.5 Å². The van der Waals surface area contributed by atoms with Gasteiger partial charge in [-0.1, -0.05) is 29.3 Å². The van der Waals surface area contributed by atoms with Gasteiger partial charge in [0.05, 0.1) is 41.1 Å². The van der Waals surface area contributed by atoms with Crippen molar-refractivity contribution in [3.8, 4) is 0 Å². The monoisotopic (exact) mass is 391 g/mol. The molecule has 5 nitrogen and oxygen atoms in total. The zero-order chi connectivity index (χ0) is 18.8. The van der Waals surface area contributed by atoms with Gasteiger partial charge in [-0.25, -0.2) is 4.79 Å². The first-order valence-electron chi connectivity index (χ1n) is 7.73. The van der Waals surface area contributed by atoms with Crippen molar-refractivity contribution in [3.05, 3.63) is 74.8 Å². The Bertz CT molecular complexity index is 929. The number of hydrogen-bond acceptors (Lipinski definition) is 4. The van der Waals surface area contributed by atoms with E-state index in [0.29, 0.717) is 27.1 Å². The molecule has 0 atom stereocenters. The van der Waals surface area contributed by atoms with Crippen molar-refractivity contribution in [2.75, 3.05) is 7.11 Å². The summed E-state index contributed by atoms with van der Waals surface area (Å²) in [7, 11) is 1.28. The molecule has 0 fully saturated rings. The highest BCUT2D eigenvalue weighted by Crippen LogP contribution is 2.33. The van der Waals surface area contributed by atoms with Gasteiger partial charge in [-0.15, -0.1) is 0 Å². The average Bonchev–Trinajstić information content (AvgIpc) is 3.21. The van der Waals surface area contributed by atoms with Gasteiger partial charge in [0.2, 0.25) is 0 Å². The van der Waals surface area contributed by atoms with Crippen LogP contribution in [-0.4, -0.2) is 23.9 Å². The highest BCUT2D eigenvalue weighted by Gasteiger charge is 2.37. The first-order chi connectivity index (χ1) is 12.4. The van der Waals surface area contributed by atoms with Crippen LogP contribution in [0.4, 0.5) is 0 Å². The molecular formula is C19H15Cl2NO4. The molecule has 1 aliphatic rings. The number of amides is 1. The van der Waals surface area contributed by atoms with Crippen LogP contribution in [0.2, 0.25) is 10.0 Å². The van der Waals surface area contributed by atoms with E-state index >= 15 is 0 Å². The Morgan fingerprint density at radius 3 is 2.65 bits per heavy atom. The summed E-state index contributed by atoms with van der Waals surface area (Å²) >= 11 is 12.0. The second-order valence-electron chi connectivity index (χ2n) is 5.65. The lowest BCUT2D eigenvalue weighted by Gasteiger charge is -2.16. The fourth-order valence-corrected chi connectivity index (χ4v) is 3.05. The Morgan fingerprint density at radius 2 is 2.04 bits per heavy atom. The smallest absolute Gasteiger partial charge is 0.340 e. The average molecular weight is 392 g/mol. The van der Waals surface area contributed by atoms with Gasteiger partial charge in [0.15, 0.2) is 0 Å². The number of carbonyl (C=O) groups is 2. The molecule has 0 spiro atoms. The lowest BCUT2D eigenvalue weighted by Crippen LogP contribution is -2.24. The van der Waals surface area contributed by atoms with Crippen LogP contribution in [0.5, 0.6) is 0 Å². The first-order valence-corrected chi connectivity index (χ1v) is 8.48. The lowest BCUT2D eigenvalue weighted by molar-refractivity contribution is -0.136. The van der Waals surface area contributed by atoms with Crippen LogP contribution in [0.15, 0.2) is 57.9 Å². The number of hydrogen-bond donors (Lipinski definition) is 0. The fourth-order valence-electron chi connectivity index (χ4n) is 2.75. The topological polar surface area (TPSA) is 59.8 Å². The highest BCUT2D eigenvalue weighted by molar-refractivity contribution is 6.42. The van der Waals surface area contributed by atoms with Crippen LogP contribution in [0, 0.1) is 0 Å². The van der Waals surface area contributed by atoms with Gasteiger partial charge in [0.25, 0.3) is 5.91 Å². The predicted molar refractivity (Wildman–Crippen MR) is 98.4 cm³/mol. The standard InChI is InChI=1S/C19H15Cl2NO4/c1-11-17(19(24)25-2)14(8-12-5-6-15(20)16(21)9-12)18(23)22(11)10-13-4-3-7-26-13/h3-9H,10H2,1-2H3/b14-8-. The molecule has 134 valence electrons. The summed E-state index contributed by atoms with van der Waals surface area (Å²) in [5.41, 5.74) is 1.61. The molecule has 0 radical (unpaired) electrons. The van der Waals surface area contributed by atoms with Gasteiger partial charge in [0.1, 0.15) is 5.76 Å². The summed E-state index contributed by atoms with van der Waals surface area (Å²) in [6.45, 7) is 1.92. The summed E-state index contributed by atoms with van der Waals surface area (Å²) in [6, 6.07) is 8.48. The summed E-state index contributed by atoms with van der Waals surface area (Å²) in [5, 5.41) is 0.769. The highest BCUT2D eigenvalue weighted by atomic mass is 35.5. The number of furan rings is 1. The summed E-state index contributed by atoms with van der Waals surface area (Å²) < 4.78 is 10.2. The predicted octanol–water partition coefficient (Wildman–Crippen LogP) is 4.46. The third-order valence-corrected chi connectivity index (χ3v) is 4.79. The Hall–Kier alpha value is -2.50. The summed E-state index contributed by atoms with van der Waals surface area (Å²) in [4.78, 5) is 26.7. The maximum absolute atomic E-state index is 12.9. The van der Waals surface area contributed by atoms with Gasteiger partial charge in [-0.3, -0.25) is 4.79 Å². The molecule has 26 heavy (non-hydrogen) atoms. The zero-order valence-electron chi connectivity index (χ0n) is 14.1. The Labute approximate surface area is 160 Å². The van der Waals surface area contributed by atoms with E-state index in [4.69, 9.17) is 32.4 Å². The maximum Gasteiger partial charge on any atom is 0.340 e. The van der Waals surface area contributed by atoms with Crippen LogP contribution in [0.25, 0.3) is 6.08 Å². The minimum atomic E-state index is -0.580. The van der Waals surface area contributed by atoms with Crippen molar-refractivity contribution in [1.29, 1.82) is 0 Å². The Kier molecular flexibility index (Phi) is 5.20. The molecule has 0 bridgehead atoms. The van der Waals surface area contributed by atoms with E-state index in [-0.39, 0.29) is 23.6 Å². The fraction of sp³-hybridized carbons (Fsp3) is 0.158. The molecule has 0 saturated carbocycles. The van der Waals surface area contributed by atoms with Crippen molar-refractivity contribution >= 4 is 41.2 Å². The van der Waals surface area contributed by atoms with Crippen molar-refractivity contribution < 1.29 is 18.7 Å². The number of halogens is 2. The second kappa shape index (κ2) is 7.40. The molecule has 0 aliphatic carbocycles. The molecule has 0 saturated heterocycles. The molecule has 2 heterocycles. The minimum absolute atomic E-state index is 0.218. The third-order valence-electron chi connectivity index (χ3n) is 4.05. The number of ether oxygens (including phenoxy) is 1. The molecule has 1 amide bonds. The zero-order valence-corrected chi connectivity index (χ0v) is 15.6. The number of carbonyl (C=O) groups excluding carboxylic acids is 2. The van der Waals surface area contributed by atoms with E-state index in [1.54, 1.807) is 43.3 Å². The van der Waals surface area contributed by atoms with Gasteiger partial charge < -0.3 is 14.1 Å². The molecule has 2 aromatic rings. The number of esters is 1. The molecule has 7 heteroatoms. The van der Waals surface area contributed by atoms with E-state index in [2.05, 4.69) is 0 Å². The molecular weight excluding hydrogens is 377 g/mol. The molecule has 1 aliphatic heterocycles. The number of nitrogens with zero attached hydrogens (tertiary/aromatic N) is 1. The Morgan fingerprint density at radius 1 is 1.27 bits per heavy atom. The number of benzene rings is 1. The lowest BCUT2D eigenvalue weighted by atomic mass is 10.0. The van der Waals surface area contributed by atoms with Gasteiger partial charge in [-0.2, -0.15) is 0 Å². The molecule has 1 aromatic heterocycles. The third kappa shape index (κ3) is 3.41. The van der Waals surface area contributed by atoms with Gasteiger partial charge >= 0.3 is 5.97 Å². The number of methoxy groups -OCH3 is 1. The van der Waals surface area contributed by atoms with Crippen LogP contribution in [0.3, 0.4) is 0 Å². The quantitative estimate of drug-likeness (QED) is 0.570. The van der Waals surface area contributed by atoms with E-state index in [0.717, 1.165) is 0 Å². The largest absolute Gasteiger partial charge is 0.467 e. The minimum Gasteiger partial charge on any atom is -0.467 e.